The highest BCUT2D eigenvalue weighted by molar-refractivity contribution is 5.80. The molecule has 1 aliphatic rings. The first-order valence-electron chi connectivity index (χ1n) is 9.07. The lowest BCUT2D eigenvalue weighted by Crippen LogP contribution is -2.40. The summed E-state index contributed by atoms with van der Waals surface area (Å²) < 4.78 is 1.88. The Morgan fingerprint density at radius 1 is 1.44 bits per heavy atom. The van der Waals surface area contributed by atoms with Gasteiger partial charge in [-0.15, -0.1) is 0 Å². The minimum atomic E-state index is 0.624. The fourth-order valence-corrected chi connectivity index (χ4v) is 3.36. The summed E-state index contributed by atoms with van der Waals surface area (Å²) >= 11 is 0. The molecule has 0 bridgehead atoms. The van der Waals surface area contributed by atoms with Crippen LogP contribution < -0.4 is 5.32 Å². The Hall–Kier alpha value is -2.37. The van der Waals surface area contributed by atoms with Gasteiger partial charge in [0.1, 0.15) is 0 Å². The number of aromatic nitrogens is 3. The van der Waals surface area contributed by atoms with E-state index in [-0.39, 0.29) is 0 Å². The van der Waals surface area contributed by atoms with Gasteiger partial charge in [-0.25, -0.2) is 4.99 Å². The van der Waals surface area contributed by atoms with Gasteiger partial charge in [-0.05, 0) is 49.8 Å². The molecule has 3 heterocycles. The molecule has 1 N–H and O–H groups in total. The van der Waals surface area contributed by atoms with Crippen molar-refractivity contribution in [2.45, 2.75) is 33.2 Å². The van der Waals surface area contributed by atoms with E-state index in [1.807, 2.05) is 30.2 Å². The molecule has 0 radical (unpaired) electrons. The number of nitrogens with zero attached hydrogens (tertiary/aromatic N) is 5. The number of rotatable bonds is 5. The summed E-state index contributed by atoms with van der Waals surface area (Å²) in [7, 11) is 1.97. The van der Waals surface area contributed by atoms with E-state index in [2.05, 4.69) is 46.4 Å². The van der Waals surface area contributed by atoms with Crippen LogP contribution in [0.25, 0.3) is 0 Å². The van der Waals surface area contributed by atoms with Crippen molar-refractivity contribution in [1.29, 1.82) is 0 Å². The van der Waals surface area contributed by atoms with Crippen molar-refractivity contribution in [3.63, 3.8) is 0 Å². The van der Waals surface area contributed by atoms with Gasteiger partial charge in [-0.2, -0.15) is 5.10 Å². The average Bonchev–Trinajstić information content (AvgIpc) is 3.22. The molecule has 3 rings (SSSR count). The van der Waals surface area contributed by atoms with Crippen LogP contribution in [0.2, 0.25) is 0 Å². The molecule has 25 heavy (non-hydrogen) atoms. The summed E-state index contributed by atoms with van der Waals surface area (Å²) in [6.07, 6.45) is 8.22. The van der Waals surface area contributed by atoms with Crippen LogP contribution in [0, 0.1) is 12.8 Å². The summed E-state index contributed by atoms with van der Waals surface area (Å²) in [5.74, 6) is 1.66. The molecule has 134 valence electrons. The van der Waals surface area contributed by atoms with Crippen molar-refractivity contribution >= 4 is 5.96 Å². The van der Waals surface area contributed by atoms with Gasteiger partial charge in [-0.1, -0.05) is 6.07 Å². The Labute approximate surface area is 150 Å². The molecule has 1 aliphatic heterocycles. The van der Waals surface area contributed by atoms with E-state index in [9.17, 15) is 0 Å². The Kier molecular flexibility index (Phi) is 5.68. The van der Waals surface area contributed by atoms with Crippen molar-refractivity contribution in [2.75, 3.05) is 19.6 Å². The molecule has 6 heteroatoms. The van der Waals surface area contributed by atoms with Crippen LogP contribution >= 0.6 is 0 Å². The lowest BCUT2D eigenvalue weighted by Gasteiger charge is -2.21. The first kappa shape index (κ1) is 17.5. The van der Waals surface area contributed by atoms with Crippen molar-refractivity contribution < 1.29 is 0 Å². The van der Waals surface area contributed by atoms with Crippen molar-refractivity contribution in [2.24, 2.45) is 18.0 Å². The van der Waals surface area contributed by atoms with E-state index in [1.54, 1.807) is 0 Å². The highest BCUT2D eigenvalue weighted by Crippen LogP contribution is 2.21. The third kappa shape index (κ3) is 4.59. The molecule has 0 aromatic carbocycles. The van der Waals surface area contributed by atoms with E-state index in [0.29, 0.717) is 12.5 Å². The molecular weight excluding hydrogens is 312 g/mol. The highest BCUT2D eigenvalue weighted by Gasteiger charge is 2.25. The van der Waals surface area contributed by atoms with E-state index in [1.165, 1.54) is 17.5 Å². The van der Waals surface area contributed by atoms with Crippen LogP contribution in [0.3, 0.4) is 0 Å². The molecule has 1 atom stereocenters. The molecule has 1 fully saturated rings. The Morgan fingerprint density at radius 3 is 3.04 bits per heavy atom. The molecule has 0 aliphatic carbocycles. The molecule has 0 spiro atoms. The van der Waals surface area contributed by atoms with E-state index < -0.39 is 0 Å². The Morgan fingerprint density at radius 2 is 2.32 bits per heavy atom. The number of likely N-dealkylation sites (tertiary alicyclic amines) is 1. The number of aryl methyl sites for hydroxylation is 2. The summed E-state index contributed by atoms with van der Waals surface area (Å²) in [4.78, 5) is 11.6. The smallest absolute Gasteiger partial charge is 0.194 e. The summed E-state index contributed by atoms with van der Waals surface area (Å²) in [5, 5.41) is 7.71. The van der Waals surface area contributed by atoms with Gasteiger partial charge >= 0.3 is 0 Å². The zero-order valence-corrected chi connectivity index (χ0v) is 15.4. The monoisotopic (exact) mass is 340 g/mol. The van der Waals surface area contributed by atoms with Crippen LogP contribution in [0.4, 0.5) is 0 Å². The lowest BCUT2D eigenvalue weighted by atomic mass is 10.0. The fraction of sp³-hybridized carbons (Fsp3) is 0.526. The number of aliphatic imine (C=N–C) groups is 1. The summed E-state index contributed by atoms with van der Waals surface area (Å²) in [6, 6.07) is 4.06. The first-order valence-corrected chi connectivity index (χ1v) is 9.07. The first-order chi connectivity index (χ1) is 12.2. The number of hydrogen-bond donors (Lipinski definition) is 1. The quantitative estimate of drug-likeness (QED) is 0.669. The van der Waals surface area contributed by atoms with Gasteiger partial charge in [0.25, 0.3) is 0 Å². The second kappa shape index (κ2) is 8.14. The van der Waals surface area contributed by atoms with E-state index >= 15 is 0 Å². The predicted molar refractivity (Wildman–Crippen MR) is 100 cm³/mol. The molecule has 0 saturated carbocycles. The van der Waals surface area contributed by atoms with Gasteiger partial charge in [0.2, 0.25) is 0 Å². The molecule has 2 aromatic heterocycles. The number of pyridine rings is 1. The largest absolute Gasteiger partial charge is 0.357 e. The van der Waals surface area contributed by atoms with Crippen LogP contribution in [0.15, 0.2) is 35.7 Å². The van der Waals surface area contributed by atoms with E-state index in [4.69, 9.17) is 4.99 Å². The molecule has 1 unspecified atom stereocenters. The van der Waals surface area contributed by atoms with Crippen LogP contribution in [0.5, 0.6) is 0 Å². The molecule has 2 aromatic rings. The molecule has 1 saturated heterocycles. The third-order valence-corrected chi connectivity index (χ3v) is 4.70. The van der Waals surface area contributed by atoms with Gasteiger partial charge in [0.15, 0.2) is 5.96 Å². The second-order valence-corrected chi connectivity index (χ2v) is 6.76. The maximum atomic E-state index is 4.82. The van der Waals surface area contributed by atoms with Crippen LogP contribution in [-0.2, 0) is 20.0 Å². The number of nitrogens with one attached hydrogen (secondary N) is 1. The van der Waals surface area contributed by atoms with Gasteiger partial charge in [-0.3, -0.25) is 9.67 Å². The lowest BCUT2D eigenvalue weighted by molar-refractivity contribution is 0.459. The van der Waals surface area contributed by atoms with Crippen molar-refractivity contribution in [1.82, 2.24) is 25.0 Å². The minimum Gasteiger partial charge on any atom is -0.357 e. The number of hydrogen-bond acceptors (Lipinski definition) is 3. The normalized spacial score (nSPS) is 18.0. The maximum absolute atomic E-state index is 4.82. The zero-order chi connectivity index (χ0) is 17.6. The number of guanidine groups is 1. The molecular formula is C19H28N6. The third-order valence-electron chi connectivity index (χ3n) is 4.70. The Balaban J connectivity index is 1.62. The van der Waals surface area contributed by atoms with Gasteiger partial charge in [0.05, 0.1) is 18.4 Å². The maximum Gasteiger partial charge on any atom is 0.194 e. The van der Waals surface area contributed by atoms with Crippen molar-refractivity contribution in [3.8, 4) is 0 Å². The molecule has 0 amide bonds. The fourth-order valence-electron chi connectivity index (χ4n) is 3.36. The van der Waals surface area contributed by atoms with E-state index in [0.717, 1.165) is 37.7 Å². The Bertz CT molecular complexity index is 720. The molecule has 6 nitrogen and oxygen atoms in total. The highest BCUT2D eigenvalue weighted by atomic mass is 15.3. The SMILES string of the molecule is CCNC(=NCc1ncccc1C)N1CCC(Cc2cnn(C)c2)C1. The van der Waals surface area contributed by atoms with Gasteiger partial charge in [0, 0.05) is 39.1 Å². The second-order valence-electron chi connectivity index (χ2n) is 6.76. The average molecular weight is 340 g/mol. The zero-order valence-electron chi connectivity index (χ0n) is 15.4. The van der Waals surface area contributed by atoms with Gasteiger partial charge < -0.3 is 10.2 Å². The standard InChI is InChI=1S/C19H28N6/c1-4-20-19(22-12-18-15(2)6-5-8-21-18)25-9-7-16(14-25)10-17-11-23-24(3)13-17/h5-6,8,11,13,16H,4,7,9-10,12,14H2,1-3H3,(H,20,22). The predicted octanol–water partition coefficient (Wildman–Crippen LogP) is 2.15. The van der Waals surface area contributed by atoms with Crippen LogP contribution in [-0.4, -0.2) is 45.3 Å². The van der Waals surface area contributed by atoms with Crippen LogP contribution in [0.1, 0.15) is 30.2 Å². The summed E-state index contributed by atoms with van der Waals surface area (Å²) in [5.41, 5.74) is 3.56. The minimum absolute atomic E-state index is 0.624. The van der Waals surface area contributed by atoms with Crippen molar-refractivity contribution in [3.05, 3.63) is 47.5 Å². The topological polar surface area (TPSA) is 58.3 Å². The summed E-state index contributed by atoms with van der Waals surface area (Å²) in [6.45, 7) is 7.80.